The Morgan fingerprint density at radius 2 is 1.48 bits per heavy atom. The van der Waals surface area contributed by atoms with Gasteiger partial charge in [0, 0.05) is 74.7 Å². The fraction of sp³-hybridized carbons (Fsp3) is 0.250. The van der Waals surface area contributed by atoms with E-state index >= 15 is 0 Å². The Morgan fingerprint density at radius 1 is 0.800 bits per heavy atom. The number of nitrogens with zero attached hydrogens (tertiary/aromatic N) is 5. The topological polar surface area (TPSA) is 133 Å². The van der Waals surface area contributed by atoms with E-state index in [1.165, 1.54) is 5.56 Å². The Labute approximate surface area is 291 Å². The van der Waals surface area contributed by atoms with Crippen molar-refractivity contribution in [2.45, 2.75) is 46.1 Å². The highest BCUT2D eigenvalue weighted by Crippen LogP contribution is 2.35. The van der Waals surface area contributed by atoms with Crippen molar-refractivity contribution in [3.63, 3.8) is 0 Å². The maximum Gasteiger partial charge on any atom is 0.317 e. The molecule has 10 heteroatoms. The highest BCUT2D eigenvalue weighted by molar-refractivity contribution is 5.91. The predicted octanol–water partition coefficient (Wildman–Crippen LogP) is 6.78. The molecule has 1 amide bonds. The Bertz CT molecular complexity index is 2200. The van der Waals surface area contributed by atoms with Gasteiger partial charge in [0.25, 0.3) is 0 Å². The van der Waals surface area contributed by atoms with E-state index in [-0.39, 0.29) is 12.5 Å². The predicted molar refractivity (Wildman–Crippen MR) is 197 cm³/mol. The highest BCUT2D eigenvalue weighted by Gasteiger charge is 2.15. The van der Waals surface area contributed by atoms with Crippen LogP contribution in [0.2, 0.25) is 0 Å². The van der Waals surface area contributed by atoms with E-state index < -0.39 is 5.97 Å². The van der Waals surface area contributed by atoms with Crippen LogP contribution in [0.15, 0.2) is 85.5 Å². The minimum Gasteiger partial charge on any atom is -0.480 e. The molecular weight excluding hydrogens is 626 g/mol. The molecule has 6 aromatic rings. The first-order valence-corrected chi connectivity index (χ1v) is 16.7. The van der Waals surface area contributed by atoms with E-state index in [0.717, 1.165) is 79.4 Å². The second-order valence-corrected chi connectivity index (χ2v) is 12.8. The summed E-state index contributed by atoms with van der Waals surface area (Å²) in [6.07, 6.45) is 9.96. The fourth-order valence-corrected chi connectivity index (χ4v) is 6.24. The van der Waals surface area contributed by atoms with Gasteiger partial charge >= 0.3 is 5.97 Å². The quantitative estimate of drug-likeness (QED) is 0.122. The molecule has 0 aliphatic rings. The molecule has 254 valence electrons. The van der Waals surface area contributed by atoms with Gasteiger partial charge in [-0.3, -0.25) is 24.5 Å². The van der Waals surface area contributed by atoms with Gasteiger partial charge in [-0.25, -0.2) is 4.98 Å². The normalized spacial score (nSPS) is 11.2. The van der Waals surface area contributed by atoms with Gasteiger partial charge in [0.05, 0.1) is 17.8 Å². The molecule has 0 aliphatic heterocycles. The number of aliphatic carboxylic acids is 1. The summed E-state index contributed by atoms with van der Waals surface area (Å²) in [4.78, 5) is 43.3. The maximum atomic E-state index is 12.0. The van der Waals surface area contributed by atoms with Gasteiger partial charge in [0.2, 0.25) is 5.91 Å². The smallest absolute Gasteiger partial charge is 0.317 e. The number of carbonyl (C=O) groups is 2. The molecule has 0 aliphatic carbocycles. The first-order valence-electron chi connectivity index (χ1n) is 16.7. The first kappa shape index (κ1) is 34.1. The first-order chi connectivity index (χ1) is 24.2. The summed E-state index contributed by atoms with van der Waals surface area (Å²) in [5.41, 5.74) is 11.2. The summed E-state index contributed by atoms with van der Waals surface area (Å²) >= 11 is 0. The summed E-state index contributed by atoms with van der Waals surface area (Å²) < 4.78 is 0. The number of aryl methyl sites for hydroxylation is 1. The minimum atomic E-state index is -0.891. The van der Waals surface area contributed by atoms with Gasteiger partial charge in [0.1, 0.15) is 5.52 Å². The number of anilines is 2. The van der Waals surface area contributed by atoms with Gasteiger partial charge in [0.15, 0.2) is 5.82 Å². The van der Waals surface area contributed by atoms with Crippen molar-refractivity contribution in [1.29, 1.82) is 0 Å². The van der Waals surface area contributed by atoms with Crippen LogP contribution in [0.1, 0.15) is 46.4 Å². The van der Waals surface area contributed by atoms with Crippen LogP contribution in [0, 0.1) is 13.8 Å². The average molecular weight is 668 g/mol. The monoisotopic (exact) mass is 667 g/mol. The highest BCUT2D eigenvalue weighted by atomic mass is 16.4. The number of aromatic nitrogens is 4. The van der Waals surface area contributed by atoms with E-state index in [1.807, 2.05) is 24.4 Å². The van der Waals surface area contributed by atoms with Gasteiger partial charge < -0.3 is 20.6 Å². The molecule has 0 saturated carbocycles. The number of carbonyl (C=O) groups excluding carboxylic acids is 1. The summed E-state index contributed by atoms with van der Waals surface area (Å²) in [7, 11) is 3.57. The number of carboxylic acid groups (broad SMARTS) is 1. The standard InChI is InChI=1S/C40H41N7O3/c1-25-29(20-35-38-30(14-16-42-35)19-28(23-44-38)21-41-24-37(49)50)9-6-10-32(25)33-11-7-12-34(26(33)2)46-40-39-31(15-17-43-40)18-27(22-45-39)8-5-13-36(48)47(3)4/h6-7,9-12,14-19,22-23,41H,5,8,13,20-21,24H2,1-4H3,(H,43,46)(H,49,50). The number of carboxylic acids is 1. The molecule has 2 aromatic carbocycles. The molecule has 4 aromatic heterocycles. The molecule has 6 rings (SSSR count). The van der Waals surface area contributed by atoms with Crippen molar-refractivity contribution in [1.82, 2.24) is 30.2 Å². The number of hydrogen-bond acceptors (Lipinski definition) is 8. The molecule has 0 spiro atoms. The zero-order valence-electron chi connectivity index (χ0n) is 28.8. The van der Waals surface area contributed by atoms with Crippen LogP contribution in [-0.2, 0) is 29.0 Å². The van der Waals surface area contributed by atoms with Gasteiger partial charge in [-0.1, -0.05) is 30.3 Å². The van der Waals surface area contributed by atoms with Crippen molar-refractivity contribution in [2.75, 3.05) is 26.0 Å². The minimum absolute atomic E-state index is 0.102. The van der Waals surface area contributed by atoms with Crippen LogP contribution >= 0.6 is 0 Å². The van der Waals surface area contributed by atoms with Crippen molar-refractivity contribution < 1.29 is 14.7 Å². The Balaban J connectivity index is 1.22. The third kappa shape index (κ3) is 7.76. The SMILES string of the molecule is Cc1c(Cc2nccc3cc(CNCC(=O)O)cnc23)cccc1-c1cccc(Nc2nccc3cc(CCCC(=O)N(C)C)cnc23)c1C. The lowest BCUT2D eigenvalue weighted by atomic mass is 9.91. The second kappa shape index (κ2) is 15.2. The van der Waals surface area contributed by atoms with Crippen LogP contribution in [0.25, 0.3) is 32.9 Å². The van der Waals surface area contributed by atoms with E-state index in [4.69, 9.17) is 20.1 Å². The van der Waals surface area contributed by atoms with Gasteiger partial charge in [-0.05, 0) is 96.0 Å². The van der Waals surface area contributed by atoms with Gasteiger partial charge in [-0.15, -0.1) is 0 Å². The van der Waals surface area contributed by atoms with Crippen LogP contribution in [0.5, 0.6) is 0 Å². The second-order valence-electron chi connectivity index (χ2n) is 12.8. The van der Waals surface area contributed by atoms with Crippen molar-refractivity contribution >= 4 is 45.2 Å². The van der Waals surface area contributed by atoms with Crippen molar-refractivity contribution in [3.8, 4) is 11.1 Å². The molecule has 4 heterocycles. The third-order valence-corrected chi connectivity index (χ3v) is 9.03. The lowest BCUT2D eigenvalue weighted by molar-refractivity contribution is -0.136. The number of rotatable bonds is 13. The fourth-order valence-electron chi connectivity index (χ4n) is 6.24. The number of nitrogens with one attached hydrogen (secondary N) is 2. The van der Waals surface area contributed by atoms with E-state index in [2.05, 4.69) is 71.9 Å². The number of benzene rings is 2. The Kier molecular flexibility index (Phi) is 10.4. The van der Waals surface area contributed by atoms with E-state index in [9.17, 15) is 9.59 Å². The maximum absolute atomic E-state index is 12.0. The molecule has 0 fully saturated rings. The molecule has 50 heavy (non-hydrogen) atoms. The Hall–Kier alpha value is -5.74. The average Bonchev–Trinajstić information content (AvgIpc) is 3.10. The van der Waals surface area contributed by atoms with Crippen LogP contribution in [-0.4, -0.2) is 62.5 Å². The molecule has 10 nitrogen and oxygen atoms in total. The molecular formula is C40H41N7O3. The van der Waals surface area contributed by atoms with Gasteiger partial charge in [-0.2, -0.15) is 0 Å². The summed E-state index contributed by atoms with van der Waals surface area (Å²) in [5, 5.41) is 17.4. The number of hydrogen-bond donors (Lipinski definition) is 3. The Morgan fingerprint density at radius 3 is 2.26 bits per heavy atom. The van der Waals surface area contributed by atoms with Crippen LogP contribution in [0.3, 0.4) is 0 Å². The summed E-state index contributed by atoms with van der Waals surface area (Å²) in [6, 6.07) is 20.7. The number of amides is 1. The van der Waals surface area contributed by atoms with Crippen LogP contribution in [0.4, 0.5) is 11.5 Å². The molecule has 0 radical (unpaired) electrons. The number of pyridine rings is 4. The molecule has 0 atom stereocenters. The third-order valence-electron chi connectivity index (χ3n) is 9.03. The van der Waals surface area contributed by atoms with Crippen molar-refractivity contribution in [2.24, 2.45) is 0 Å². The summed E-state index contributed by atoms with van der Waals surface area (Å²) in [5.74, 6) is -0.0657. The number of fused-ring (bicyclic) bond motifs is 2. The molecule has 3 N–H and O–H groups in total. The summed E-state index contributed by atoms with van der Waals surface area (Å²) in [6.45, 7) is 4.60. The largest absolute Gasteiger partial charge is 0.480 e. The zero-order valence-corrected chi connectivity index (χ0v) is 28.8. The molecule has 0 bridgehead atoms. The van der Waals surface area contributed by atoms with Crippen molar-refractivity contribution in [3.05, 3.63) is 119 Å². The van der Waals surface area contributed by atoms with E-state index in [0.29, 0.717) is 25.2 Å². The molecule has 0 unspecified atom stereocenters. The zero-order chi connectivity index (χ0) is 35.2. The van der Waals surface area contributed by atoms with Crippen LogP contribution < -0.4 is 10.6 Å². The lowest BCUT2D eigenvalue weighted by Crippen LogP contribution is -2.21. The molecule has 0 saturated heterocycles. The lowest BCUT2D eigenvalue weighted by Gasteiger charge is -2.17. The van der Waals surface area contributed by atoms with E-state index in [1.54, 1.807) is 37.6 Å².